The Kier molecular flexibility index (Phi) is 3.85. The number of hydrogen-bond acceptors (Lipinski definition) is 2. The Morgan fingerprint density at radius 2 is 2.05 bits per heavy atom. The standard InChI is InChI=1S/C16H23FN2/c1-19-8-6-12(7-9-19)11-18-16-5-2-13-10-14(17)3-4-15(13)16/h3-4,10,12,16,18H,2,5-9,11H2,1H3. The van der Waals surface area contributed by atoms with Crippen molar-refractivity contribution >= 4 is 0 Å². The Bertz CT molecular complexity index is 438. The summed E-state index contributed by atoms with van der Waals surface area (Å²) in [5.41, 5.74) is 2.51. The van der Waals surface area contributed by atoms with Crippen LogP contribution in [0.4, 0.5) is 4.39 Å². The van der Waals surface area contributed by atoms with Crippen LogP contribution < -0.4 is 5.32 Å². The van der Waals surface area contributed by atoms with Gasteiger partial charge in [0.25, 0.3) is 0 Å². The Hall–Kier alpha value is -0.930. The minimum Gasteiger partial charge on any atom is -0.310 e. The summed E-state index contributed by atoms with van der Waals surface area (Å²) in [6.07, 6.45) is 4.72. The molecule has 0 aromatic heterocycles. The molecule has 0 amide bonds. The second kappa shape index (κ2) is 5.59. The van der Waals surface area contributed by atoms with Gasteiger partial charge in [-0.1, -0.05) is 6.07 Å². The quantitative estimate of drug-likeness (QED) is 0.901. The van der Waals surface area contributed by atoms with Gasteiger partial charge in [0.05, 0.1) is 0 Å². The fourth-order valence-corrected chi connectivity index (χ4v) is 3.37. The van der Waals surface area contributed by atoms with Gasteiger partial charge in [0.15, 0.2) is 0 Å². The third-order valence-corrected chi connectivity index (χ3v) is 4.67. The highest BCUT2D eigenvalue weighted by Gasteiger charge is 2.24. The summed E-state index contributed by atoms with van der Waals surface area (Å²) in [5.74, 6) is 0.704. The summed E-state index contributed by atoms with van der Waals surface area (Å²) in [5, 5.41) is 3.70. The van der Waals surface area contributed by atoms with E-state index in [2.05, 4.69) is 17.3 Å². The largest absolute Gasteiger partial charge is 0.310 e. The van der Waals surface area contributed by atoms with Crippen LogP contribution in [0.1, 0.15) is 36.4 Å². The highest BCUT2D eigenvalue weighted by atomic mass is 19.1. The summed E-state index contributed by atoms with van der Waals surface area (Å²) < 4.78 is 13.2. The van der Waals surface area contributed by atoms with Crippen LogP contribution in [0.5, 0.6) is 0 Å². The molecular weight excluding hydrogens is 239 g/mol. The van der Waals surface area contributed by atoms with Crippen molar-refractivity contribution in [2.24, 2.45) is 5.92 Å². The zero-order valence-corrected chi connectivity index (χ0v) is 11.7. The SMILES string of the molecule is CN1CCC(CNC2CCc3cc(F)ccc32)CC1. The molecule has 2 aliphatic rings. The maximum Gasteiger partial charge on any atom is 0.123 e. The van der Waals surface area contributed by atoms with Crippen molar-refractivity contribution < 1.29 is 4.39 Å². The van der Waals surface area contributed by atoms with Gasteiger partial charge in [-0.2, -0.15) is 0 Å². The van der Waals surface area contributed by atoms with E-state index in [-0.39, 0.29) is 5.82 Å². The van der Waals surface area contributed by atoms with Gasteiger partial charge in [-0.3, -0.25) is 0 Å². The number of piperidine rings is 1. The molecule has 0 spiro atoms. The molecule has 1 heterocycles. The van der Waals surface area contributed by atoms with Crippen LogP contribution in [-0.4, -0.2) is 31.6 Å². The molecule has 0 radical (unpaired) electrons. The third-order valence-electron chi connectivity index (χ3n) is 4.67. The lowest BCUT2D eigenvalue weighted by atomic mass is 9.96. The van der Waals surface area contributed by atoms with Crippen LogP contribution in [0.25, 0.3) is 0 Å². The van der Waals surface area contributed by atoms with E-state index in [4.69, 9.17) is 0 Å². The number of halogens is 1. The van der Waals surface area contributed by atoms with E-state index in [1.165, 1.54) is 37.1 Å². The van der Waals surface area contributed by atoms with E-state index in [9.17, 15) is 4.39 Å². The molecule has 3 rings (SSSR count). The molecule has 1 aliphatic carbocycles. The number of hydrogen-bond donors (Lipinski definition) is 1. The van der Waals surface area contributed by atoms with E-state index < -0.39 is 0 Å². The first kappa shape index (κ1) is 13.1. The molecule has 1 atom stereocenters. The Morgan fingerprint density at radius 3 is 2.84 bits per heavy atom. The molecule has 1 N–H and O–H groups in total. The number of nitrogens with one attached hydrogen (secondary N) is 1. The number of fused-ring (bicyclic) bond motifs is 1. The van der Waals surface area contributed by atoms with Crippen molar-refractivity contribution in [3.8, 4) is 0 Å². The summed E-state index contributed by atoms with van der Waals surface area (Å²) in [4.78, 5) is 2.41. The molecule has 3 heteroatoms. The van der Waals surface area contributed by atoms with E-state index in [0.717, 1.165) is 25.3 Å². The maximum absolute atomic E-state index is 13.2. The van der Waals surface area contributed by atoms with E-state index >= 15 is 0 Å². The molecule has 1 aromatic rings. The van der Waals surface area contributed by atoms with Crippen LogP contribution >= 0.6 is 0 Å². The van der Waals surface area contributed by atoms with Crippen molar-refractivity contribution in [2.75, 3.05) is 26.7 Å². The number of benzene rings is 1. The average molecular weight is 262 g/mol. The predicted molar refractivity (Wildman–Crippen MR) is 75.7 cm³/mol. The van der Waals surface area contributed by atoms with E-state index in [1.807, 2.05) is 6.07 Å². The van der Waals surface area contributed by atoms with Gasteiger partial charge in [-0.05, 0) is 81.5 Å². The molecule has 1 aliphatic heterocycles. The summed E-state index contributed by atoms with van der Waals surface area (Å²) in [6, 6.07) is 5.69. The molecule has 1 saturated heterocycles. The van der Waals surface area contributed by atoms with Gasteiger partial charge in [0.2, 0.25) is 0 Å². The molecule has 0 bridgehead atoms. The van der Waals surface area contributed by atoms with Gasteiger partial charge in [-0.15, -0.1) is 0 Å². The lowest BCUT2D eigenvalue weighted by Crippen LogP contribution is -2.35. The molecular formula is C16H23FN2. The first-order valence-electron chi connectivity index (χ1n) is 7.42. The fourth-order valence-electron chi connectivity index (χ4n) is 3.37. The zero-order valence-electron chi connectivity index (χ0n) is 11.7. The number of aryl methyl sites for hydroxylation is 1. The molecule has 2 nitrogen and oxygen atoms in total. The van der Waals surface area contributed by atoms with Gasteiger partial charge in [-0.25, -0.2) is 4.39 Å². The smallest absolute Gasteiger partial charge is 0.123 e. The van der Waals surface area contributed by atoms with Gasteiger partial charge in [0, 0.05) is 6.04 Å². The topological polar surface area (TPSA) is 15.3 Å². The maximum atomic E-state index is 13.2. The molecule has 1 fully saturated rings. The lowest BCUT2D eigenvalue weighted by Gasteiger charge is -2.30. The second-order valence-corrected chi connectivity index (χ2v) is 6.09. The van der Waals surface area contributed by atoms with Crippen LogP contribution in [0.3, 0.4) is 0 Å². The minimum absolute atomic E-state index is 0.102. The number of nitrogens with zero attached hydrogens (tertiary/aromatic N) is 1. The van der Waals surface area contributed by atoms with E-state index in [0.29, 0.717) is 6.04 Å². The van der Waals surface area contributed by atoms with Crippen LogP contribution in [0.2, 0.25) is 0 Å². The summed E-state index contributed by atoms with van der Waals surface area (Å²) in [7, 11) is 2.20. The lowest BCUT2D eigenvalue weighted by molar-refractivity contribution is 0.212. The molecule has 1 unspecified atom stereocenters. The normalized spacial score (nSPS) is 24.6. The van der Waals surface area contributed by atoms with Gasteiger partial charge in [0.1, 0.15) is 5.82 Å². The average Bonchev–Trinajstić information content (AvgIpc) is 2.80. The van der Waals surface area contributed by atoms with Crippen LogP contribution in [0, 0.1) is 11.7 Å². The Balaban J connectivity index is 1.55. The summed E-state index contributed by atoms with van der Waals surface area (Å²) in [6.45, 7) is 3.55. The van der Waals surface area contributed by atoms with Gasteiger partial charge >= 0.3 is 0 Å². The molecule has 19 heavy (non-hydrogen) atoms. The Labute approximate surface area is 115 Å². The second-order valence-electron chi connectivity index (χ2n) is 6.09. The van der Waals surface area contributed by atoms with Crippen molar-refractivity contribution in [1.29, 1.82) is 0 Å². The third kappa shape index (κ3) is 2.98. The van der Waals surface area contributed by atoms with Gasteiger partial charge < -0.3 is 10.2 Å². The molecule has 0 saturated carbocycles. The molecule has 1 aromatic carbocycles. The zero-order chi connectivity index (χ0) is 13.2. The number of likely N-dealkylation sites (tertiary alicyclic amines) is 1. The first-order chi connectivity index (χ1) is 9.22. The highest BCUT2D eigenvalue weighted by Crippen LogP contribution is 2.31. The van der Waals surface area contributed by atoms with Crippen LogP contribution in [0.15, 0.2) is 18.2 Å². The monoisotopic (exact) mass is 262 g/mol. The van der Waals surface area contributed by atoms with Crippen molar-refractivity contribution in [1.82, 2.24) is 10.2 Å². The highest BCUT2D eigenvalue weighted by molar-refractivity contribution is 5.34. The Morgan fingerprint density at radius 1 is 1.26 bits per heavy atom. The molecule has 104 valence electrons. The van der Waals surface area contributed by atoms with Crippen molar-refractivity contribution in [3.63, 3.8) is 0 Å². The van der Waals surface area contributed by atoms with Crippen LogP contribution in [-0.2, 0) is 6.42 Å². The minimum atomic E-state index is -0.102. The first-order valence-corrected chi connectivity index (χ1v) is 7.42. The van der Waals surface area contributed by atoms with Crippen molar-refractivity contribution in [3.05, 3.63) is 35.1 Å². The van der Waals surface area contributed by atoms with Crippen molar-refractivity contribution in [2.45, 2.75) is 31.7 Å². The summed E-state index contributed by atoms with van der Waals surface area (Å²) >= 11 is 0. The van der Waals surface area contributed by atoms with E-state index in [1.54, 1.807) is 12.1 Å². The number of rotatable bonds is 3. The predicted octanol–water partition coefficient (Wildman–Crippen LogP) is 2.74. The fraction of sp³-hybridized carbons (Fsp3) is 0.625.